The molecule has 0 unspecified atom stereocenters. The lowest BCUT2D eigenvalue weighted by Crippen LogP contribution is -2.48. The number of piperazine rings is 1. The Hall–Kier alpha value is -0.810. The highest BCUT2D eigenvalue weighted by molar-refractivity contribution is 5.79. The van der Waals surface area contributed by atoms with Crippen LogP contribution in [0.25, 0.3) is 0 Å². The van der Waals surface area contributed by atoms with Crippen LogP contribution in [0.3, 0.4) is 0 Å². The van der Waals surface area contributed by atoms with Crippen molar-refractivity contribution >= 4 is 5.96 Å². The molecule has 5 heteroatoms. The summed E-state index contributed by atoms with van der Waals surface area (Å²) in [5.41, 5.74) is 0. The van der Waals surface area contributed by atoms with Crippen LogP contribution in [-0.4, -0.2) is 75.7 Å². The van der Waals surface area contributed by atoms with E-state index in [0.717, 1.165) is 19.0 Å². The predicted octanol–water partition coefficient (Wildman–Crippen LogP) is -0.581. The third-order valence-corrected chi connectivity index (χ3v) is 3.09. The fourth-order valence-electron chi connectivity index (χ4n) is 1.94. The quantitative estimate of drug-likeness (QED) is 0.498. The maximum Gasteiger partial charge on any atom is 0.190 e. The molecular formula is C11H25N5. The van der Waals surface area contributed by atoms with Gasteiger partial charge in [-0.15, -0.1) is 0 Å². The van der Waals surface area contributed by atoms with Crippen molar-refractivity contribution in [2.45, 2.75) is 6.92 Å². The zero-order chi connectivity index (χ0) is 11.8. The summed E-state index contributed by atoms with van der Waals surface area (Å²) in [4.78, 5) is 9.08. The van der Waals surface area contributed by atoms with Gasteiger partial charge in [-0.3, -0.25) is 9.89 Å². The van der Waals surface area contributed by atoms with E-state index in [4.69, 9.17) is 0 Å². The molecule has 0 spiro atoms. The first-order valence-electron chi connectivity index (χ1n) is 6.13. The van der Waals surface area contributed by atoms with Gasteiger partial charge < -0.3 is 15.5 Å². The van der Waals surface area contributed by atoms with E-state index in [0.29, 0.717) is 0 Å². The van der Waals surface area contributed by atoms with Gasteiger partial charge in [0, 0.05) is 53.4 Å². The van der Waals surface area contributed by atoms with Gasteiger partial charge >= 0.3 is 0 Å². The van der Waals surface area contributed by atoms with Gasteiger partial charge in [0.1, 0.15) is 0 Å². The second-order valence-corrected chi connectivity index (χ2v) is 4.02. The smallest absolute Gasteiger partial charge is 0.190 e. The Bertz CT molecular complexity index is 208. The average molecular weight is 227 g/mol. The van der Waals surface area contributed by atoms with Crippen LogP contribution in [0.2, 0.25) is 0 Å². The largest absolute Gasteiger partial charge is 0.359 e. The number of nitrogens with zero attached hydrogens (tertiary/aromatic N) is 3. The summed E-state index contributed by atoms with van der Waals surface area (Å²) >= 11 is 0. The predicted molar refractivity (Wildman–Crippen MR) is 69.0 cm³/mol. The third-order valence-electron chi connectivity index (χ3n) is 3.09. The van der Waals surface area contributed by atoms with E-state index in [2.05, 4.69) is 32.3 Å². The van der Waals surface area contributed by atoms with E-state index in [1.807, 2.05) is 7.05 Å². The molecule has 2 N–H and O–H groups in total. The minimum absolute atomic E-state index is 0.868. The van der Waals surface area contributed by atoms with Crippen LogP contribution in [-0.2, 0) is 0 Å². The molecule has 94 valence electrons. The fraction of sp³-hybridized carbons (Fsp3) is 0.909. The minimum atomic E-state index is 0.868. The van der Waals surface area contributed by atoms with Gasteiger partial charge in [-0.05, 0) is 6.54 Å². The molecular weight excluding hydrogens is 202 g/mol. The first-order valence-corrected chi connectivity index (χ1v) is 6.13. The van der Waals surface area contributed by atoms with E-state index in [9.17, 15) is 0 Å². The molecule has 16 heavy (non-hydrogen) atoms. The highest BCUT2D eigenvalue weighted by Gasteiger charge is 2.14. The lowest BCUT2D eigenvalue weighted by Gasteiger charge is -2.34. The lowest BCUT2D eigenvalue weighted by molar-refractivity contribution is 0.139. The second-order valence-electron chi connectivity index (χ2n) is 4.02. The zero-order valence-corrected chi connectivity index (χ0v) is 10.8. The average Bonchev–Trinajstić information content (AvgIpc) is 2.35. The van der Waals surface area contributed by atoms with Crippen LogP contribution < -0.4 is 10.6 Å². The van der Waals surface area contributed by atoms with Crippen LogP contribution >= 0.6 is 0 Å². The van der Waals surface area contributed by atoms with Gasteiger partial charge in [-0.1, -0.05) is 6.92 Å². The number of rotatable bonds is 4. The maximum atomic E-state index is 4.08. The first kappa shape index (κ1) is 13.3. The minimum Gasteiger partial charge on any atom is -0.359 e. The standard InChI is InChI=1S/C11H25N5/c1-4-15-7-9-16(10-8-15)6-5-14-11(12-2)13-3/h4-10H2,1-3H3,(H2,12,13,14). The van der Waals surface area contributed by atoms with Crippen LogP contribution in [0.4, 0.5) is 0 Å². The third kappa shape index (κ3) is 4.37. The van der Waals surface area contributed by atoms with E-state index in [-0.39, 0.29) is 0 Å². The summed E-state index contributed by atoms with van der Waals surface area (Å²) in [6, 6.07) is 0. The van der Waals surface area contributed by atoms with E-state index >= 15 is 0 Å². The normalized spacial score (nSPS) is 19.8. The molecule has 1 rings (SSSR count). The van der Waals surface area contributed by atoms with Crippen molar-refractivity contribution in [2.24, 2.45) is 4.99 Å². The molecule has 0 amide bonds. The van der Waals surface area contributed by atoms with Gasteiger partial charge in [0.05, 0.1) is 0 Å². The summed E-state index contributed by atoms with van der Waals surface area (Å²) < 4.78 is 0. The Morgan fingerprint density at radius 1 is 1.19 bits per heavy atom. The highest BCUT2D eigenvalue weighted by atomic mass is 15.3. The Balaban J connectivity index is 2.10. The number of likely N-dealkylation sites (N-methyl/N-ethyl adjacent to an activating group) is 1. The molecule has 0 aromatic carbocycles. The van der Waals surface area contributed by atoms with Crippen molar-refractivity contribution in [3.05, 3.63) is 0 Å². The Kier molecular flexibility index (Phi) is 6.18. The molecule has 0 radical (unpaired) electrons. The Labute approximate surface area is 98.9 Å². The molecule has 0 aliphatic carbocycles. The lowest BCUT2D eigenvalue weighted by atomic mass is 10.3. The first-order chi connectivity index (χ1) is 7.80. The van der Waals surface area contributed by atoms with Crippen molar-refractivity contribution in [2.75, 3.05) is 59.9 Å². The highest BCUT2D eigenvalue weighted by Crippen LogP contribution is 1.99. The van der Waals surface area contributed by atoms with Crippen molar-refractivity contribution in [1.82, 2.24) is 20.4 Å². The maximum absolute atomic E-state index is 4.08. The topological polar surface area (TPSA) is 42.9 Å². The van der Waals surface area contributed by atoms with E-state index in [1.165, 1.54) is 32.7 Å². The van der Waals surface area contributed by atoms with Crippen molar-refractivity contribution in [1.29, 1.82) is 0 Å². The molecule has 1 heterocycles. The summed E-state index contributed by atoms with van der Waals surface area (Å²) in [6.07, 6.45) is 0. The number of hydrogen-bond donors (Lipinski definition) is 2. The summed E-state index contributed by atoms with van der Waals surface area (Å²) in [5, 5.41) is 6.29. The fourth-order valence-corrected chi connectivity index (χ4v) is 1.94. The molecule has 1 saturated heterocycles. The molecule has 1 aliphatic heterocycles. The molecule has 1 fully saturated rings. The van der Waals surface area contributed by atoms with Crippen molar-refractivity contribution in [3.8, 4) is 0 Å². The number of aliphatic imine (C=N–C) groups is 1. The summed E-state index contributed by atoms with van der Waals surface area (Å²) in [6.45, 7) is 10.3. The van der Waals surface area contributed by atoms with E-state index in [1.54, 1.807) is 7.05 Å². The monoisotopic (exact) mass is 227 g/mol. The van der Waals surface area contributed by atoms with Gasteiger partial charge in [0.15, 0.2) is 5.96 Å². The summed E-state index contributed by atoms with van der Waals surface area (Å²) in [7, 11) is 3.67. The van der Waals surface area contributed by atoms with Crippen LogP contribution in [0.15, 0.2) is 4.99 Å². The number of guanidine groups is 1. The van der Waals surface area contributed by atoms with Crippen LogP contribution in [0, 0.1) is 0 Å². The van der Waals surface area contributed by atoms with Gasteiger partial charge in [-0.25, -0.2) is 0 Å². The molecule has 0 aromatic rings. The van der Waals surface area contributed by atoms with Crippen molar-refractivity contribution in [3.63, 3.8) is 0 Å². The second kappa shape index (κ2) is 7.46. The number of nitrogens with one attached hydrogen (secondary N) is 2. The Morgan fingerprint density at radius 2 is 1.81 bits per heavy atom. The molecule has 1 aliphatic rings. The van der Waals surface area contributed by atoms with Gasteiger partial charge in [0.2, 0.25) is 0 Å². The molecule has 0 bridgehead atoms. The van der Waals surface area contributed by atoms with Crippen molar-refractivity contribution < 1.29 is 0 Å². The van der Waals surface area contributed by atoms with Crippen LogP contribution in [0.1, 0.15) is 6.92 Å². The molecule has 0 atom stereocenters. The number of hydrogen-bond acceptors (Lipinski definition) is 3. The molecule has 5 nitrogen and oxygen atoms in total. The molecule has 0 saturated carbocycles. The Morgan fingerprint density at radius 3 is 2.31 bits per heavy atom. The molecule has 0 aromatic heterocycles. The van der Waals surface area contributed by atoms with Gasteiger partial charge in [-0.2, -0.15) is 0 Å². The van der Waals surface area contributed by atoms with Crippen LogP contribution in [0.5, 0.6) is 0 Å². The van der Waals surface area contributed by atoms with Gasteiger partial charge in [0.25, 0.3) is 0 Å². The summed E-state index contributed by atoms with van der Waals surface area (Å²) in [5.74, 6) is 0.868. The SMILES string of the molecule is CCN1CCN(CCNC(=NC)NC)CC1. The van der Waals surface area contributed by atoms with E-state index < -0.39 is 0 Å². The zero-order valence-electron chi connectivity index (χ0n) is 10.8.